The molecule has 0 radical (unpaired) electrons. The number of nitriles is 1. The maximum atomic E-state index is 11.6. The number of Topliss-reactive ketones (excluding diaryl/α,β-unsaturated/α-hetero) is 1. The van der Waals surface area contributed by atoms with Gasteiger partial charge < -0.3 is 16.2 Å². The molecule has 0 atom stereocenters. The fourth-order valence-electron chi connectivity index (χ4n) is 2.78. The van der Waals surface area contributed by atoms with Crippen molar-refractivity contribution in [3.63, 3.8) is 0 Å². The zero-order valence-corrected chi connectivity index (χ0v) is 12.4. The third kappa shape index (κ3) is 3.48. The Morgan fingerprint density at radius 3 is 2.65 bits per heavy atom. The Bertz CT molecular complexity index is 678. The largest absolute Gasteiger partial charge is 0.465 e. The average Bonchev–Trinajstić information content (AvgIpc) is 2.93. The molecule has 9 heteroatoms. The molecular weight excluding hydrogens is 302 g/mol. The van der Waals surface area contributed by atoms with Crippen LogP contribution in [0.1, 0.15) is 48.2 Å². The SMILES string of the molecule is N#CCC1(n2cc(C(N)=O)c(CNC(=O)O)n2)CCC(=O)CC1. The Balaban J connectivity index is 2.38. The van der Waals surface area contributed by atoms with E-state index in [1.165, 1.54) is 10.9 Å². The molecule has 2 rings (SSSR count). The van der Waals surface area contributed by atoms with E-state index < -0.39 is 17.5 Å². The first-order valence-corrected chi connectivity index (χ1v) is 7.12. The molecule has 2 amide bonds. The van der Waals surface area contributed by atoms with Crippen LogP contribution in [-0.4, -0.2) is 32.7 Å². The predicted molar refractivity (Wildman–Crippen MR) is 77.3 cm³/mol. The van der Waals surface area contributed by atoms with E-state index in [1.807, 2.05) is 0 Å². The Labute approximate surface area is 132 Å². The standard InChI is InChI=1S/C14H17N5O4/c15-6-5-14(3-1-9(20)2-4-14)19-8-10(12(16)21)11(18-19)7-17-13(22)23/h8,17H,1-5,7H2,(H2,16,21)(H,22,23). The summed E-state index contributed by atoms with van der Waals surface area (Å²) in [6.45, 7) is -0.165. The van der Waals surface area contributed by atoms with E-state index >= 15 is 0 Å². The number of ketones is 1. The van der Waals surface area contributed by atoms with Crippen LogP contribution >= 0.6 is 0 Å². The molecule has 0 aliphatic heterocycles. The third-order valence-corrected chi connectivity index (χ3v) is 4.10. The van der Waals surface area contributed by atoms with Gasteiger partial charge in [-0.3, -0.25) is 14.3 Å². The van der Waals surface area contributed by atoms with Gasteiger partial charge >= 0.3 is 6.09 Å². The minimum atomic E-state index is -1.25. The summed E-state index contributed by atoms with van der Waals surface area (Å²) in [6, 6.07) is 2.10. The van der Waals surface area contributed by atoms with E-state index in [2.05, 4.69) is 16.5 Å². The molecule has 9 nitrogen and oxygen atoms in total. The summed E-state index contributed by atoms with van der Waals surface area (Å²) in [5, 5.41) is 24.2. The van der Waals surface area contributed by atoms with Crippen LogP contribution in [-0.2, 0) is 16.9 Å². The van der Waals surface area contributed by atoms with Crippen molar-refractivity contribution >= 4 is 17.8 Å². The van der Waals surface area contributed by atoms with E-state index in [9.17, 15) is 14.4 Å². The van der Waals surface area contributed by atoms with Crippen molar-refractivity contribution in [2.24, 2.45) is 5.73 Å². The van der Waals surface area contributed by atoms with Crippen molar-refractivity contribution in [2.45, 2.75) is 44.2 Å². The summed E-state index contributed by atoms with van der Waals surface area (Å²) < 4.78 is 1.50. The Morgan fingerprint density at radius 2 is 2.13 bits per heavy atom. The van der Waals surface area contributed by atoms with Crippen LogP contribution in [0.5, 0.6) is 0 Å². The number of nitrogens with one attached hydrogen (secondary N) is 1. The second-order valence-corrected chi connectivity index (χ2v) is 5.55. The summed E-state index contributed by atoms with van der Waals surface area (Å²) in [5.41, 5.74) is 4.95. The molecule has 0 aromatic carbocycles. The minimum Gasteiger partial charge on any atom is -0.465 e. The summed E-state index contributed by atoms with van der Waals surface area (Å²) in [5.74, 6) is -0.592. The van der Waals surface area contributed by atoms with Gasteiger partial charge in [-0.1, -0.05) is 0 Å². The van der Waals surface area contributed by atoms with Crippen LogP contribution in [0.3, 0.4) is 0 Å². The number of amides is 2. The second-order valence-electron chi connectivity index (χ2n) is 5.55. The van der Waals surface area contributed by atoms with Crippen molar-refractivity contribution in [3.8, 4) is 6.07 Å². The molecule has 23 heavy (non-hydrogen) atoms. The lowest BCUT2D eigenvalue weighted by Gasteiger charge is -2.35. The van der Waals surface area contributed by atoms with Gasteiger partial charge in [0, 0.05) is 19.0 Å². The van der Waals surface area contributed by atoms with Gasteiger partial charge in [0.25, 0.3) is 5.91 Å². The van der Waals surface area contributed by atoms with Crippen LogP contribution in [0.25, 0.3) is 0 Å². The van der Waals surface area contributed by atoms with Gasteiger partial charge in [0.2, 0.25) is 0 Å². The highest BCUT2D eigenvalue weighted by atomic mass is 16.4. The van der Waals surface area contributed by atoms with Crippen LogP contribution in [0.15, 0.2) is 6.20 Å². The highest BCUT2D eigenvalue weighted by molar-refractivity contribution is 5.93. The van der Waals surface area contributed by atoms with Crippen LogP contribution < -0.4 is 11.1 Å². The quantitative estimate of drug-likeness (QED) is 0.718. The number of carbonyl (C=O) groups excluding carboxylic acids is 2. The summed E-state index contributed by atoms with van der Waals surface area (Å²) in [7, 11) is 0. The van der Waals surface area contributed by atoms with Crippen molar-refractivity contribution in [3.05, 3.63) is 17.5 Å². The number of nitrogens with two attached hydrogens (primary N) is 1. The summed E-state index contributed by atoms with van der Waals surface area (Å²) in [6.07, 6.45) is 1.92. The smallest absolute Gasteiger partial charge is 0.404 e. The van der Waals surface area contributed by atoms with Gasteiger partial charge in [0.1, 0.15) is 5.78 Å². The number of primary amides is 1. The molecular formula is C14H17N5O4. The lowest BCUT2D eigenvalue weighted by molar-refractivity contribution is -0.122. The highest BCUT2D eigenvalue weighted by Crippen LogP contribution is 2.36. The molecule has 1 heterocycles. The first-order chi connectivity index (χ1) is 10.9. The number of carbonyl (C=O) groups is 3. The first kappa shape index (κ1) is 16.5. The number of carboxylic acid groups (broad SMARTS) is 1. The molecule has 1 aliphatic rings. The van der Waals surface area contributed by atoms with Crippen LogP contribution in [0.4, 0.5) is 4.79 Å². The monoisotopic (exact) mass is 319 g/mol. The Hall–Kier alpha value is -2.89. The number of hydrogen-bond acceptors (Lipinski definition) is 5. The number of rotatable bonds is 5. The maximum absolute atomic E-state index is 11.6. The van der Waals surface area contributed by atoms with E-state index in [4.69, 9.17) is 16.1 Å². The van der Waals surface area contributed by atoms with Crippen molar-refractivity contribution in [1.82, 2.24) is 15.1 Å². The molecule has 4 N–H and O–H groups in total. The van der Waals surface area contributed by atoms with Crippen LogP contribution in [0, 0.1) is 11.3 Å². The normalized spacial score (nSPS) is 16.6. The topological polar surface area (TPSA) is 151 Å². The van der Waals surface area contributed by atoms with Gasteiger partial charge in [-0.25, -0.2) is 4.79 Å². The van der Waals surface area contributed by atoms with Gasteiger partial charge in [-0.15, -0.1) is 0 Å². The van der Waals surface area contributed by atoms with Gasteiger partial charge in [-0.2, -0.15) is 10.4 Å². The fraction of sp³-hybridized carbons (Fsp3) is 0.500. The molecule has 0 bridgehead atoms. The van der Waals surface area contributed by atoms with E-state index in [0.29, 0.717) is 25.7 Å². The van der Waals surface area contributed by atoms with Crippen molar-refractivity contribution < 1.29 is 19.5 Å². The van der Waals surface area contributed by atoms with Gasteiger partial charge in [0.15, 0.2) is 0 Å². The zero-order chi connectivity index (χ0) is 17.0. The maximum Gasteiger partial charge on any atom is 0.404 e. The van der Waals surface area contributed by atoms with Crippen LogP contribution in [0.2, 0.25) is 0 Å². The van der Waals surface area contributed by atoms with Crippen molar-refractivity contribution in [2.75, 3.05) is 0 Å². The lowest BCUT2D eigenvalue weighted by atomic mass is 9.79. The molecule has 1 aromatic rings. The molecule has 0 spiro atoms. The number of aromatic nitrogens is 2. The Morgan fingerprint density at radius 1 is 1.48 bits per heavy atom. The minimum absolute atomic E-state index is 0.105. The molecule has 122 valence electrons. The first-order valence-electron chi connectivity index (χ1n) is 7.12. The second kappa shape index (κ2) is 6.48. The Kier molecular flexibility index (Phi) is 4.64. The summed E-state index contributed by atoms with van der Waals surface area (Å²) in [4.78, 5) is 33.7. The van der Waals surface area contributed by atoms with E-state index in [1.54, 1.807) is 0 Å². The number of nitrogens with zero attached hydrogens (tertiary/aromatic N) is 3. The van der Waals surface area contributed by atoms with Gasteiger partial charge in [-0.05, 0) is 12.8 Å². The van der Waals surface area contributed by atoms with Crippen molar-refractivity contribution in [1.29, 1.82) is 5.26 Å². The molecule has 0 unspecified atom stereocenters. The van der Waals surface area contributed by atoms with Gasteiger partial charge in [0.05, 0.1) is 35.8 Å². The van der Waals surface area contributed by atoms with E-state index in [0.717, 1.165) is 0 Å². The highest BCUT2D eigenvalue weighted by Gasteiger charge is 2.38. The van der Waals surface area contributed by atoms with E-state index in [-0.39, 0.29) is 30.0 Å². The molecule has 1 aromatic heterocycles. The molecule has 1 saturated carbocycles. The lowest BCUT2D eigenvalue weighted by Crippen LogP contribution is -2.38. The number of hydrogen-bond donors (Lipinski definition) is 3. The zero-order valence-electron chi connectivity index (χ0n) is 12.4. The molecule has 1 fully saturated rings. The fourth-order valence-corrected chi connectivity index (χ4v) is 2.78. The average molecular weight is 319 g/mol. The third-order valence-electron chi connectivity index (χ3n) is 4.10. The summed E-state index contributed by atoms with van der Waals surface area (Å²) >= 11 is 0. The predicted octanol–water partition coefficient (Wildman–Crippen LogP) is 0.502. The molecule has 0 saturated heterocycles. The molecule has 1 aliphatic carbocycles.